The van der Waals surface area contributed by atoms with Crippen molar-refractivity contribution in [2.75, 3.05) is 25.1 Å². The van der Waals surface area contributed by atoms with Crippen molar-refractivity contribution >= 4 is 16.7 Å². The van der Waals surface area contributed by atoms with Crippen molar-refractivity contribution in [2.45, 2.75) is 76.7 Å². The van der Waals surface area contributed by atoms with E-state index < -0.39 is 5.82 Å². The Morgan fingerprint density at radius 2 is 1.95 bits per heavy atom. The molecule has 1 unspecified atom stereocenters. The van der Waals surface area contributed by atoms with Gasteiger partial charge >= 0.3 is 0 Å². The van der Waals surface area contributed by atoms with Gasteiger partial charge in [-0.3, -0.25) is 4.98 Å². The van der Waals surface area contributed by atoms with Crippen LogP contribution in [0.5, 0.6) is 5.75 Å². The number of benzene rings is 1. The van der Waals surface area contributed by atoms with E-state index in [0.717, 1.165) is 61.2 Å². The summed E-state index contributed by atoms with van der Waals surface area (Å²) in [7, 11) is 0. The van der Waals surface area contributed by atoms with Gasteiger partial charge in [-0.25, -0.2) is 9.07 Å². The first-order chi connectivity index (χ1) is 19.4. The number of aromatic nitrogens is 5. The lowest BCUT2D eigenvalue weighted by Crippen LogP contribution is -2.47. The number of aryl methyl sites for hydroxylation is 2. The molecule has 0 amide bonds. The Balaban J connectivity index is 1.29. The largest absolute Gasteiger partial charge is 0.494 e. The molecule has 1 aromatic carbocycles. The number of rotatable bonds is 8. The van der Waals surface area contributed by atoms with E-state index in [0.29, 0.717) is 35.9 Å². The molecule has 0 bridgehead atoms. The highest BCUT2D eigenvalue weighted by Gasteiger charge is 2.48. The topological polar surface area (TPSA) is 87.0 Å². The molecular formula is C31H37FN6O2. The van der Waals surface area contributed by atoms with Crippen LogP contribution >= 0.6 is 0 Å². The number of pyridine rings is 1. The third-order valence-electron chi connectivity index (χ3n) is 8.73. The van der Waals surface area contributed by atoms with Crippen LogP contribution in [-0.2, 0) is 10.2 Å². The van der Waals surface area contributed by atoms with Gasteiger partial charge < -0.3 is 14.8 Å². The van der Waals surface area contributed by atoms with Crippen LogP contribution < -0.4 is 10.1 Å². The van der Waals surface area contributed by atoms with Gasteiger partial charge in [0.05, 0.1) is 29.0 Å². The molecule has 8 nitrogen and oxygen atoms in total. The Hall–Kier alpha value is -3.59. The SMILES string of the molecule is CCOc1ccc(-n2nc3c(NCCC4(c5ccccn5)CCOC5(CCCC5)C4)nnc(C)c3c2C)c(F)c1. The molecule has 6 rings (SSSR count). The molecule has 1 N–H and O–H groups in total. The van der Waals surface area contributed by atoms with E-state index in [4.69, 9.17) is 19.6 Å². The number of nitrogens with one attached hydrogen (secondary N) is 1. The predicted octanol–water partition coefficient (Wildman–Crippen LogP) is 6.23. The second-order valence-electron chi connectivity index (χ2n) is 11.2. The van der Waals surface area contributed by atoms with Crippen molar-refractivity contribution < 1.29 is 13.9 Å². The molecule has 210 valence electrons. The minimum Gasteiger partial charge on any atom is -0.494 e. The quantitative estimate of drug-likeness (QED) is 0.281. The van der Waals surface area contributed by atoms with Crippen LogP contribution in [0, 0.1) is 19.7 Å². The minimum absolute atomic E-state index is 0.0373. The summed E-state index contributed by atoms with van der Waals surface area (Å²) < 4.78 is 28.6. The Labute approximate surface area is 234 Å². The first-order valence-corrected chi connectivity index (χ1v) is 14.4. The zero-order chi connectivity index (χ0) is 27.7. The molecule has 2 aliphatic rings. The Morgan fingerprint density at radius 3 is 2.70 bits per heavy atom. The Morgan fingerprint density at radius 1 is 1.10 bits per heavy atom. The highest BCUT2D eigenvalue weighted by Crippen LogP contribution is 2.49. The summed E-state index contributed by atoms with van der Waals surface area (Å²) in [4.78, 5) is 4.82. The highest BCUT2D eigenvalue weighted by molar-refractivity contribution is 5.92. The number of fused-ring (bicyclic) bond motifs is 1. The number of hydrogen-bond donors (Lipinski definition) is 1. The maximum atomic E-state index is 15.1. The van der Waals surface area contributed by atoms with Crippen LogP contribution in [0.15, 0.2) is 42.6 Å². The molecule has 1 aliphatic carbocycles. The number of hydrogen-bond acceptors (Lipinski definition) is 7. The maximum Gasteiger partial charge on any atom is 0.177 e. The van der Waals surface area contributed by atoms with Gasteiger partial charge in [-0.15, -0.1) is 5.10 Å². The normalized spacial score (nSPS) is 20.3. The van der Waals surface area contributed by atoms with Crippen LogP contribution in [0.3, 0.4) is 0 Å². The van der Waals surface area contributed by atoms with Crippen molar-refractivity contribution in [1.29, 1.82) is 0 Å². The van der Waals surface area contributed by atoms with Crippen LogP contribution in [0.4, 0.5) is 10.2 Å². The van der Waals surface area contributed by atoms with Gasteiger partial charge in [-0.1, -0.05) is 18.9 Å². The minimum atomic E-state index is -0.396. The van der Waals surface area contributed by atoms with Crippen LogP contribution in [-0.4, -0.2) is 50.3 Å². The summed E-state index contributed by atoms with van der Waals surface area (Å²) in [6.07, 6.45) is 9.40. The molecular weight excluding hydrogens is 507 g/mol. The molecule has 1 saturated carbocycles. The van der Waals surface area contributed by atoms with Crippen molar-refractivity contribution in [1.82, 2.24) is 25.0 Å². The number of halogens is 1. The Kier molecular flexibility index (Phi) is 7.16. The number of nitrogens with zero attached hydrogens (tertiary/aromatic N) is 5. The lowest BCUT2D eigenvalue weighted by molar-refractivity contribution is -0.104. The summed E-state index contributed by atoms with van der Waals surface area (Å²) in [6.45, 7) is 7.63. The second kappa shape index (κ2) is 10.8. The van der Waals surface area contributed by atoms with Crippen LogP contribution in [0.25, 0.3) is 16.6 Å². The van der Waals surface area contributed by atoms with Crippen LogP contribution in [0.1, 0.15) is 69.0 Å². The van der Waals surface area contributed by atoms with E-state index in [1.54, 1.807) is 16.8 Å². The summed E-state index contributed by atoms with van der Waals surface area (Å²) in [6, 6.07) is 11.1. The van der Waals surface area contributed by atoms with Crippen molar-refractivity contribution in [3.8, 4) is 11.4 Å². The van der Waals surface area contributed by atoms with Gasteiger partial charge in [0.2, 0.25) is 0 Å². The second-order valence-corrected chi connectivity index (χ2v) is 11.2. The molecule has 1 atom stereocenters. The molecule has 4 heterocycles. The Bertz CT molecular complexity index is 1500. The third kappa shape index (κ3) is 4.80. The van der Waals surface area contributed by atoms with Crippen molar-refractivity contribution in [3.63, 3.8) is 0 Å². The lowest BCUT2D eigenvalue weighted by Gasteiger charge is -2.46. The predicted molar refractivity (Wildman–Crippen MR) is 153 cm³/mol. The molecule has 2 fully saturated rings. The zero-order valence-corrected chi connectivity index (χ0v) is 23.5. The van der Waals surface area contributed by atoms with Crippen LogP contribution in [0.2, 0.25) is 0 Å². The summed E-state index contributed by atoms with van der Waals surface area (Å²) in [5, 5.41) is 18.1. The zero-order valence-electron chi connectivity index (χ0n) is 23.5. The van der Waals surface area contributed by atoms with E-state index in [1.165, 1.54) is 18.9 Å². The first kappa shape index (κ1) is 26.6. The lowest BCUT2D eigenvalue weighted by atomic mass is 9.68. The van der Waals surface area contributed by atoms with Crippen molar-refractivity contribution in [3.05, 3.63) is 65.5 Å². The van der Waals surface area contributed by atoms with E-state index in [2.05, 4.69) is 27.6 Å². The van der Waals surface area contributed by atoms with Gasteiger partial charge in [0, 0.05) is 36.5 Å². The molecule has 9 heteroatoms. The molecule has 1 spiro atoms. The fourth-order valence-corrected chi connectivity index (χ4v) is 6.81. The summed E-state index contributed by atoms with van der Waals surface area (Å²) in [5.74, 6) is 0.703. The third-order valence-corrected chi connectivity index (χ3v) is 8.73. The van der Waals surface area contributed by atoms with Gasteiger partial charge in [0.25, 0.3) is 0 Å². The smallest absolute Gasteiger partial charge is 0.177 e. The molecule has 40 heavy (non-hydrogen) atoms. The van der Waals surface area contributed by atoms with Crippen molar-refractivity contribution in [2.24, 2.45) is 0 Å². The standard InChI is InChI=1S/C31H37FN6O2/c1-4-39-23-10-11-25(24(32)19-23)38-22(3)27-21(2)35-36-29(28(27)37-38)34-17-14-30(26-9-5-8-16-33-26)15-18-40-31(20-30)12-6-7-13-31/h5,8-11,16,19H,4,6-7,12-15,17-18,20H2,1-3H3,(H,34,36). The van der Waals surface area contributed by atoms with Gasteiger partial charge in [-0.05, 0) is 77.1 Å². The van der Waals surface area contributed by atoms with Gasteiger partial charge in [-0.2, -0.15) is 10.2 Å². The number of ether oxygens (including phenoxy) is 2. The fourth-order valence-electron chi connectivity index (χ4n) is 6.81. The van der Waals surface area contributed by atoms with E-state index in [-0.39, 0.29) is 11.0 Å². The molecule has 3 aromatic heterocycles. The van der Waals surface area contributed by atoms with E-state index in [1.807, 2.05) is 33.0 Å². The van der Waals surface area contributed by atoms with E-state index >= 15 is 4.39 Å². The average molecular weight is 545 g/mol. The molecule has 1 saturated heterocycles. The monoisotopic (exact) mass is 544 g/mol. The first-order valence-electron chi connectivity index (χ1n) is 14.4. The molecule has 1 aliphatic heterocycles. The average Bonchev–Trinajstić information content (AvgIpc) is 3.55. The summed E-state index contributed by atoms with van der Waals surface area (Å²) >= 11 is 0. The summed E-state index contributed by atoms with van der Waals surface area (Å²) in [5.41, 5.74) is 3.64. The van der Waals surface area contributed by atoms with Gasteiger partial charge in [0.15, 0.2) is 11.6 Å². The number of anilines is 1. The molecule has 4 aromatic rings. The van der Waals surface area contributed by atoms with E-state index in [9.17, 15) is 0 Å². The molecule has 0 radical (unpaired) electrons. The van der Waals surface area contributed by atoms with Gasteiger partial charge in [0.1, 0.15) is 17.0 Å². The highest BCUT2D eigenvalue weighted by atomic mass is 19.1. The fraction of sp³-hybridized carbons (Fsp3) is 0.484. The maximum absolute atomic E-state index is 15.1.